The third kappa shape index (κ3) is 7.35. The van der Waals surface area contributed by atoms with Crippen LogP contribution in [0.4, 0.5) is 4.39 Å². The molecule has 0 saturated heterocycles. The van der Waals surface area contributed by atoms with Crippen molar-refractivity contribution in [2.24, 2.45) is 0 Å². The van der Waals surface area contributed by atoms with E-state index in [4.69, 9.17) is 4.74 Å². The summed E-state index contributed by atoms with van der Waals surface area (Å²) in [6, 6.07) is 10.9. The molecule has 168 valence electrons. The molecule has 0 bridgehead atoms. The standard InChI is InChI=1S/C24H30BrFN2O3/c1-5-17-9-12-22(20(25)13-17)31-15-23(29)28(14-18-7-10-19(26)11-8-18)21(6-2)24(30)27-16(3)4/h7-13,16,21H,5-6,14-15H2,1-4H3,(H,27,30). The molecule has 1 unspecified atom stereocenters. The Balaban J connectivity index is 2.21. The van der Waals surface area contributed by atoms with Gasteiger partial charge in [0, 0.05) is 12.6 Å². The molecule has 0 fully saturated rings. The average molecular weight is 493 g/mol. The van der Waals surface area contributed by atoms with Crippen molar-refractivity contribution in [3.05, 3.63) is 63.9 Å². The van der Waals surface area contributed by atoms with Gasteiger partial charge in [0.15, 0.2) is 6.61 Å². The van der Waals surface area contributed by atoms with Gasteiger partial charge in [0.2, 0.25) is 5.91 Å². The van der Waals surface area contributed by atoms with E-state index < -0.39 is 6.04 Å². The molecule has 0 radical (unpaired) electrons. The fourth-order valence-corrected chi connectivity index (χ4v) is 3.73. The number of benzene rings is 2. The quantitative estimate of drug-likeness (QED) is 0.514. The number of rotatable bonds is 10. The summed E-state index contributed by atoms with van der Waals surface area (Å²) >= 11 is 3.48. The van der Waals surface area contributed by atoms with Crippen LogP contribution >= 0.6 is 15.9 Å². The molecule has 1 atom stereocenters. The van der Waals surface area contributed by atoms with Crippen molar-refractivity contribution in [1.82, 2.24) is 10.2 Å². The summed E-state index contributed by atoms with van der Waals surface area (Å²) in [4.78, 5) is 27.4. The first kappa shape index (κ1) is 24.9. The Morgan fingerprint density at radius 1 is 1.10 bits per heavy atom. The number of hydrogen-bond donors (Lipinski definition) is 1. The van der Waals surface area contributed by atoms with Crippen molar-refractivity contribution in [2.75, 3.05) is 6.61 Å². The third-order valence-electron chi connectivity index (χ3n) is 4.84. The lowest BCUT2D eigenvalue weighted by Crippen LogP contribution is -2.51. The van der Waals surface area contributed by atoms with Gasteiger partial charge >= 0.3 is 0 Å². The molecule has 0 heterocycles. The summed E-state index contributed by atoms with van der Waals surface area (Å²) < 4.78 is 19.8. The first-order valence-electron chi connectivity index (χ1n) is 10.5. The second-order valence-electron chi connectivity index (χ2n) is 7.64. The van der Waals surface area contributed by atoms with Crippen LogP contribution in [0.2, 0.25) is 0 Å². The molecule has 2 amide bonds. The lowest BCUT2D eigenvalue weighted by molar-refractivity contribution is -0.143. The molecule has 0 aliphatic rings. The summed E-state index contributed by atoms with van der Waals surface area (Å²) in [5.74, 6) is -0.329. The summed E-state index contributed by atoms with van der Waals surface area (Å²) in [5, 5.41) is 2.88. The molecule has 0 aliphatic carbocycles. The van der Waals surface area contributed by atoms with E-state index in [-0.39, 0.29) is 36.8 Å². The Hall–Kier alpha value is -2.41. The number of carbonyl (C=O) groups excluding carboxylic acids is 2. The number of nitrogens with zero attached hydrogens (tertiary/aromatic N) is 1. The predicted octanol–water partition coefficient (Wildman–Crippen LogP) is 4.86. The van der Waals surface area contributed by atoms with Gasteiger partial charge in [0.25, 0.3) is 5.91 Å². The number of amides is 2. The van der Waals surface area contributed by atoms with Crippen LogP contribution in [0.25, 0.3) is 0 Å². The Kier molecular flexibility index (Phi) is 9.49. The van der Waals surface area contributed by atoms with E-state index in [9.17, 15) is 14.0 Å². The molecule has 0 spiro atoms. The predicted molar refractivity (Wildman–Crippen MR) is 123 cm³/mol. The van der Waals surface area contributed by atoms with Gasteiger partial charge in [-0.15, -0.1) is 0 Å². The highest BCUT2D eigenvalue weighted by Crippen LogP contribution is 2.26. The Morgan fingerprint density at radius 2 is 1.74 bits per heavy atom. The largest absolute Gasteiger partial charge is 0.483 e. The van der Waals surface area contributed by atoms with Crippen LogP contribution in [0.15, 0.2) is 46.9 Å². The molecular weight excluding hydrogens is 463 g/mol. The molecule has 2 rings (SSSR count). The van der Waals surface area contributed by atoms with Crippen molar-refractivity contribution in [3.63, 3.8) is 0 Å². The lowest BCUT2D eigenvalue weighted by Gasteiger charge is -2.31. The van der Waals surface area contributed by atoms with Crippen molar-refractivity contribution in [2.45, 2.75) is 59.2 Å². The highest BCUT2D eigenvalue weighted by Gasteiger charge is 2.29. The number of ether oxygens (including phenoxy) is 1. The van der Waals surface area contributed by atoms with Crippen LogP contribution in [-0.2, 0) is 22.6 Å². The van der Waals surface area contributed by atoms with E-state index in [1.165, 1.54) is 17.0 Å². The SMILES string of the molecule is CCc1ccc(OCC(=O)N(Cc2ccc(F)cc2)C(CC)C(=O)NC(C)C)c(Br)c1. The van der Waals surface area contributed by atoms with E-state index in [0.717, 1.165) is 22.0 Å². The van der Waals surface area contributed by atoms with Crippen molar-refractivity contribution < 1.29 is 18.7 Å². The summed E-state index contributed by atoms with van der Waals surface area (Å²) in [6.45, 7) is 7.64. The van der Waals surface area contributed by atoms with Gasteiger partial charge in [-0.2, -0.15) is 0 Å². The highest BCUT2D eigenvalue weighted by molar-refractivity contribution is 9.10. The van der Waals surface area contributed by atoms with E-state index in [0.29, 0.717) is 12.2 Å². The van der Waals surface area contributed by atoms with Crippen LogP contribution in [0.3, 0.4) is 0 Å². The number of carbonyl (C=O) groups is 2. The molecule has 5 nitrogen and oxygen atoms in total. The fourth-order valence-electron chi connectivity index (χ4n) is 3.19. The zero-order chi connectivity index (χ0) is 23.0. The molecule has 2 aromatic rings. The smallest absolute Gasteiger partial charge is 0.261 e. The van der Waals surface area contributed by atoms with E-state index in [2.05, 4.69) is 28.2 Å². The van der Waals surface area contributed by atoms with E-state index in [1.54, 1.807) is 12.1 Å². The summed E-state index contributed by atoms with van der Waals surface area (Å²) in [5.41, 5.74) is 1.89. The van der Waals surface area contributed by atoms with Gasteiger partial charge in [-0.1, -0.05) is 32.0 Å². The third-order valence-corrected chi connectivity index (χ3v) is 5.46. The van der Waals surface area contributed by atoms with Crippen LogP contribution in [-0.4, -0.2) is 35.4 Å². The van der Waals surface area contributed by atoms with Crippen molar-refractivity contribution in [3.8, 4) is 5.75 Å². The maximum Gasteiger partial charge on any atom is 0.261 e. The molecule has 0 aromatic heterocycles. The van der Waals surface area contributed by atoms with Crippen molar-refractivity contribution in [1.29, 1.82) is 0 Å². The molecule has 2 aromatic carbocycles. The van der Waals surface area contributed by atoms with Crippen molar-refractivity contribution >= 4 is 27.7 Å². The molecular formula is C24H30BrFN2O3. The topological polar surface area (TPSA) is 58.6 Å². The lowest BCUT2D eigenvalue weighted by atomic mass is 10.1. The molecule has 0 aliphatic heterocycles. The van der Waals surface area contributed by atoms with Gasteiger partial charge in [0.05, 0.1) is 4.47 Å². The second-order valence-corrected chi connectivity index (χ2v) is 8.50. The van der Waals surface area contributed by atoms with Crippen LogP contribution in [0.5, 0.6) is 5.75 Å². The zero-order valence-corrected chi connectivity index (χ0v) is 20.0. The van der Waals surface area contributed by atoms with E-state index in [1.807, 2.05) is 39.0 Å². The second kappa shape index (κ2) is 11.8. The summed E-state index contributed by atoms with van der Waals surface area (Å²) in [6.07, 6.45) is 1.34. The van der Waals surface area contributed by atoms with Gasteiger partial charge in [0.1, 0.15) is 17.6 Å². The van der Waals surface area contributed by atoms with Gasteiger partial charge in [-0.05, 0) is 78.0 Å². The number of aryl methyl sites for hydroxylation is 1. The van der Waals surface area contributed by atoms with E-state index >= 15 is 0 Å². The maximum absolute atomic E-state index is 13.3. The van der Waals surface area contributed by atoms with Gasteiger partial charge in [-0.3, -0.25) is 9.59 Å². The summed E-state index contributed by atoms with van der Waals surface area (Å²) in [7, 11) is 0. The number of nitrogens with one attached hydrogen (secondary N) is 1. The minimum atomic E-state index is -0.658. The Morgan fingerprint density at radius 3 is 2.29 bits per heavy atom. The van der Waals surface area contributed by atoms with Gasteiger partial charge < -0.3 is 15.0 Å². The molecule has 0 saturated carbocycles. The molecule has 1 N–H and O–H groups in total. The first-order valence-corrected chi connectivity index (χ1v) is 11.3. The Bertz CT molecular complexity index is 887. The fraction of sp³-hybridized carbons (Fsp3) is 0.417. The molecule has 31 heavy (non-hydrogen) atoms. The number of hydrogen-bond acceptors (Lipinski definition) is 3. The monoisotopic (exact) mass is 492 g/mol. The normalized spacial score (nSPS) is 11.8. The minimum absolute atomic E-state index is 0.0476. The van der Waals surface area contributed by atoms with Crippen LogP contribution in [0.1, 0.15) is 45.2 Å². The number of halogens is 2. The van der Waals surface area contributed by atoms with Gasteiger partial charge in [-0.25, -0.2) is 4.39 Å². The first-order chi connectivity index (χ1) is 14.7. The zero-order valence-electron chi connectivity index (χ0n) is 18.5. The molecule has 7 heteroatoms. The Labute approximate surface area is 192 Å². The highest BCUT2D eigenvalue weighted by atomic mass is 79.9. The van der Waals surface area contributed by atoms with Crippen LogP contribution < -0.4 is 10.1 Å². The maximum atomic E-state index is 13.3. The van der Waals surface area contributed by atoms with Crippen LogP contribution in [0, 0.1) is 5.82 Å². The minimum Gasteiger partial charge on any atom is -0.483 e. The average Bonchev–Trinajstić information content (AvgIpc) is 2.73.